The first-order chi connectivity index (χ1) is 9.26. The molecule has 1 saturated carbocycles. The van der Waals surface area contributed by atoms with Crippen LogP contribution in [-0.2, 0) is 5.66 Å². The standard InChI is InChI=1S/C10H6BrClF2N2O2.C2H6/c11-4-1-5(12)6-7(17)15-10(16(6)8(4)18)2-9(13,14)3-10;1-2/h1H,2-3H2,(H,15,17);1-2H3. The maximum atomic E-state index is 13.1. The van der Waals surface area contributed by atoms with Crippen LogP contribution in [0.3, 0.4) is 0 Å². The van der Waals surface area contributed by atoms with E-state index in [2.05, 4.69) is 21.2 Å². The predicted octanol–water partition coefficient (Wildman–Crippen LogP) is 3.12. The van der Waals surface area contributed by atoms with E-state index in [-0.39, 0.29) is 15.2 Å². The lowest BCUT2D eigenvalue weighted by atomic mass is 9.81. The Bertz CT molecular complexity index is 637. The van der Waals surface area contributed by atoms with Gasteiger partial charge in [0, 0.05) is 0 Å². The lowest BCUT2D eigenvalue weighted by Gasteiger charge is -2.45. The molecule has 1 aromatic heterocycles. The average molecular weight is 370 g/mol. The molecule has 1 fully saturated rings. The van der Waals surface area contributed by atoms with Gasteiger partial charge in [-0.2, -0.15) is 0 Å². The van der Waals surface area contributed by atoms with Crippen LogP contribution in [0.25, 0.3) is 0 Å². The van der Waals surface area contributed by atoms with E-state index in [1.807, 2.05) is 13.8 Å². The maximum Gasteiger partial charge on any atom is 0.271 e. The molecule has 1 aromatic rings. The van der Waals surface area contributed by atoms with E-state index >= 15 is 0 Å². The van der Waals surface area contributed by atoms with Gasteiger partial charge in [0.05, 0.1) is 22.3 Å². The largest absolute Gasteiger partial charge is 0.327 e. The average Bonchev–Trinajstić information content (AvgIpc) is 2.61. The number of amides is 1. The number of nitrogens with zero attached hydrogens (tertiary/aromatic N) is 1. The van der Waals surface area contributed by atoms with Gasteiger partial charge in [-0.15, -0.1) is 0 Å². The summed E-state index contributed by atoms with van der Waals surface area (Å²) in [5.41, 5.74) is -1.93. The van der Waals surface area contributed by atoms with Crippen molar-refractivity contribution < 1.29 is 13.6 Å². The fraction of sp³-hybridized carbons (Fsp3) is 0.500. The number of pyridine rings is 1. The number of alkyl halides is 2. The minimum absolute atomic E-state index is 0.0552. The molecule has 0 bridgehead atoms. The molecule has 1 spiro atoms. The highest BCUT2D eigenvalue weighted by atomic mass is 79.9. The summed E-state index contributed by atoms with van der Waals surface area (Å²) in [6.07, 6.45) is -1.18. The molecule has 4 nitrogen and oxygen atoms in total. The van der Waals surface area contributed by atoms with Gasteiger partial charge in [0.25, 0.3) is 17.4 Å². The molecule has 2 aliphatic rings. The molecule has 0 atom stereocenters. The summed E-state index contributed by atoms with van der Waals surface area (Å²) < 4.78 is 27.3. The van der Waals surface area contributed by atoms with Gasteiger partial charge in [0.2, 0.25) is 0 Å². The molecule has 0 radical (unpaired) electrons. The highest BCUT2D eigenvalue weighted by molar-refractivity contribution is 9.10. The Kier molecular flexibility index (Phi) is 3.71. The Hall–Kier alpha value is -0.950. The SMILES string of the molecule is CC.O=C1NC2(CC(F)(F)C2)n2c1c(Cl)cc(Br)c2=O. The van der Waals surface area contributed by atoms with E-state index in [1.54, 1.807) is 0 Å². The molecule has 1 aliphatic heterocycles. The molecule has 20 heavy (non-hydrogen) atoms. The number of halogens is 4. The minimum Gasteiger partial charge on any atom is -0.327 e. The van der Waals surface area contributed by atoms with Crippen molar-refractivity contribution in [3.05, 3.63) is 31.6 Å². The first-order valence-corrected chi connectivity index (χ1v) is 7.25. The van der Waals surface area contributed by atoms with Crippen LogP contribution in [0.15, 0.2) is 15.3 Å². The molecule has 1 aliphatic carbocycles. The number of hydrogen-bond donors (Lipinski definition) is 1. The molecule has 0 unspecified atom stereocenters. The third kappa shape index (κ3) is 2.07. The van der Waals surface area contributed by atoms with Crippen LogP contribution in [0.1, 0.15) is 37.2 Å². The Balaban J connectivity index is 0.000000704. The summed E-state index contributed by atoms with van der Waals surface area (Å²) >= 11 is 8.89. The number of fused-ring (bicyclic) bond motifs is 2. The molecule has 1 N–H and O–H groups in total. The van der Waals surface area contributed by atoms with Crippen molar-refractivity contribution in [2.45, 2.75) is 38.3 Å². The molecule has 3 rings (SSSR count). The van der Waals surface area contributed by atoms with Crippen LogP contribution < -0.4 is 10.9 Å². The van der Waals surface area contributed by atoms with Crippen molar-refractivity contribution in [3.8, 4) is 0 Å². The number of nitrogens with one attached hydrogen (secondary N) is 1. The van der Waals surface area contributed by atoms with Crippen LogP contribution in [0.5, 0.6) is 0 Å². The van der Waals surface area contributed by atoms with Gasteiger partial charge in [-0.25, -0.2) is 8.78 Å². The van der Waals surface area contributed by atoms with Crippen LogP contribution in [0.2, 0.25) is 5.02 Å². The van der Waals surface area contributed by atoms with Crippen molar-refractivity contribution >= 4 is 33.4 Å². The molecule has 1 amide bonds. The Labute approximate surface area is 127 Å². The fourth-order valence-electron chi connectivity index (χ4n) is 2.55. The summed E-state index contributed by atoms with van der Waals surface area (Å²) in [5.74, 6) is -3.47. The highest BCUT2D eigenvalue weighted by Gasteiger charge is 2.62. The number of hydrogen-bond acceptors (Lipinski definition) is 2. The third-order valence-corrected chi connectivity index (χ3v) is 4.06. The molecular formula is C12H12BrClF2N2O2. The monoisotopic (exact) mass is 368 g/mol. The summed E-state index contributed by atoms with van der Waals surface area (Å²) in [5, 5.41) is 2.50. The fourth-order valence-corrected chi connectivity index (χ4v) is 3.37. The smallest absolute Gasteiger partial charge is 0.271 e. The number of aromatic nitrogens is 1. The van der Waals surface area contributed by atoms with E-state index in [0.29, 0.717) is 0 Å². The van der Waals surface area contributed by atoms with E-state index < -0.39 is 35.9 Å². The van der Waals surface area contributed by atoms with E-state index in [4.69, 9.17) is 11.6 Å². The highest BCUT2D eigenvalue weighted by Crippen LogP contribution is 2.51. The third-order valence-electron chi connectivity index (χ3n) is 3.20. The number of carbonyl (C=O) groups is 1. The first-order valence-electron chi connectivity index (χ1n) is 6.08. The number of rotatable bonds is 0. The summed E-state index contributed by atoms with van der Waals surface area (Å²) in [6, 6.07) is 1.30. The van der Waals surface area contributed by atoms with Crippen molar-refractivity contribution in [2.24, 2.45) is 0 Å². The quantitative estimate of drug-likeness (QED) is 0.764. The minimum atomic E-state index is -2.87. The van der Waals surface area contributed by atoms with E-state index in [0.717, 1.165) is 4.57 Å². The van der Waals surface area contributed by atoms with Crippen LogP contribution in [-0.4, -0.2) is 16.4 Å². The van der Waals surface area contributed by atoms with Gasteiger partial charge in [-0.1, -0.05) is 25.4 Å². The van der Waals surface area contributed by atoms with Crippen molar-refractivity contribution in [1.29, 1.82) is 0 Å². The maximum absolute atomic E-state index is 13.1. The molecule has 0 aromatic carbocycles. The van der Waals surface area contributed by atoms with Gasteiger partial charge >= 0.3 is 0 Å². The molecule has 2 heterocycles. The van der Waals surface area contributed by atoms with Crippen LogP contribution in [0.4, 0.5) is 8.78 Å². The first kappa shape index (κ1) is 15.4. The second-order valence-electron chi connectivity index (χ2n) is 4.52. The number of carbonyl (C=O) groups excluding carboxylic acids is 1. The van der Waals surface area contributed by atoms with Gasteiger partial charge in [-0.05, 0) is 22.0 Å². The van der Waals surface area contributed by atoms with Gasteiger partial charge in [0.15, 0.2) is 0 Å². The molecule has 8 heteroatoms. The zero-order valence-corrected chi connectivity index (χ0v) is 13.1. The molecule has 110 valence electrons. The van der Waals surface area contributed by atoms with Crippen molar-refractivity contribution in [3.63, 3.8) is 0 Å². The van der Waals surface area contributed by atoms with Crippen LogP contribution >= 0.6 is 27.5 Å². The van der Waals surface area contributed by atoms with E-state index in [9.17, 15) is 18.4 Å². The zero-order valence-electron chi connectivity index (χ0n) is 10.8. The second-order valence-corrected chi connectivity index (χ2v) is 5.79. The molecule has 0 saturated heterocycles. The van der Waals surface area contributed by atoms with Crippen molar-refractivity contribution in [2.75, 3.05) is 0 Å². The second kappa shape index (κ2) is 4.80. The van der Waals surface area contributed by atoms with Gasteiger partial charge in [0.1, 0.15) is 11.4 Å². The lowest BCUT2D eigenvalue weighted by Crippen LogP contribution is -2.61. The summed E-state index contributed by atoms with van der Waals surface area (Å²) in [7, 11) is 0. The normalized spacial score (nSPS) is 20.6. The Morgan fingerprint density at radius 2 is 1.90 bits per heavy atom. The summed E-state index contributed by atoms with van der Waals surface area (Å²) in [6.45, 7) is 4.00. The Morgan fingerprint density at radius 3 is 2.40 bits per heavy atom. The van der Waals surface area contributed by atoms with Crippen LogP contribution in [0, 0.1) is 0 Å². The topological polar surface area (TPSA) is 51.1 Å². The van der Waals surface area contributed by atoms with E-state index in [1.165, 1.54) is 6.07 Å². The van der Waals surface area contributed by atoms with Gasteiger partial charge in [-0.3, -0.25) is 14.2 Å². The predicted molar refractivity (Wildman–Crippen MR) is 74.4 cm³/mol. The summed E-state index contributed by atoms with van der Waals surface area (Å²) in [4.78, 5) is 23.8. The van der Waals surface area contributed by atoms with Crippen molar-refractivity contribution in [1.82, 2.24) is 9.88 Å². The lowest BCUT2D eigenvalue weighted by molar-refractivity contribution is -0.157. The Morgan fingerprint density at radius 1 is 1.35 bits per heavy atom. The zero-order chi connectivity index (χ0) is 15.3. The molecular weight excluding hydrogens is 357 g/mol. The van der Waals surface area contributed by atoms with Gasteiger partial charge < -0.3 is 5.32 Å².